The van der Waals surface area contributed by atoms with E-state index < -0.39 is 6.09 Å². The van der Waals surface area contributed by atoms with Crippen molar-refractivity contribution in [1.29, 1.82) is 0 Å². The van der Waals surface area contributed by atoms with Crippen LogP contribution in [0.2, 0.25) is 0 Å². The van der Waals surface area contributed by atoms with E-state index in [4.69, 9.17) is 14.2 Å². The zero-order valence-corrected chi connectivity index (χ0v) is 18.8. The molecule has 3 aliphatic rings. The van der Waals surface area contributed by atoms with Gasteiger partial charge in [0.2, 0.25) is 0 Å². The third-order valence-electron chi connectivity index (χ3n) is 7.02. The number of amides is 1. The van der Waals surface area contributed by atoms with Crippen LogP contribution in [0, 0.1) is 0 Å². The van der Waals surface area contributed by atoms with Gasteiger partial charge >= 0.3 is 6.09 Å². The van der Waals surface area contributed by atoms with Gasteiger partial charge in [0.15, 0.2) is 11.5 Å². The summed E-state index contributed by atoms with van der Waals surface area (Å²) in [7, 11) is 3.83. The molecule has 1 spiro atoms. The second-order valence-corrected chi connectivity index (χ2v) is 9.08. The van der Waals surface area contributed by atoms with E-state index in [2.05, 4.69) is 29.4 Å². The number of carbonyl (C=O) groups is 1. The molecule has 4 atom stereocenters. The normalized spacial score (nSPS) is 26.8. The molecule has 1 amide bonds. The summed E-state index contributed by atoms with van der Waals surface area (Å²) in [6.07, 6.45) is 4.99. The van der Waals surface area contributed by atoms with E-state index in [1.165, 1.54) is 11.1 Å². The van der Waals surface area contributed by atoms with Gasteiger partial charge in [-0.15, -0.1) is 0 Å². The van der Waals surface area contributed by atoms with Gasteiger partial charge in [0.1, 0.15) is 12.2 Å². The predicted molar refractivity (Wildman–Crippen MR) is 122 cm³/mol. The SMILES string of the molecule is COc1ccc2c3c1O[C@H]1C[C@H](OC(=O)NC(C)c4ccccc4)C=C[C@@]31CCN(C)C2. The molecule has 1 unspecified atom stereocenters. The Balaban J connectivity index is 1.36. The maximum absolute atomic E-state index is 12.6. The Hall–Kier alpha value is -2.99. The minimum atomic E-state index is -0.415. The molecule has 1 N–H and O–H groups in total. The van der Waals surface area contributed by atoms with Crippen molar-refractivity contribution >= 4 is 6.09 Å². The van der Waals surface area contributed by atoms with E-state index in [0.717, 1.165) is 36.6 Å². The van der Waals surface area contributed by atoms with Crippen LogP contribution < -0.4 is 14.8 Å². The van der Waals surface area contributed by atoms with Gasteiger partial charge in [-0.25, -0.2) is 4.79 Å². The molecule has 2 heterocycles. The lowest BCUT2D eigenvalue weighted by Crippen LogP contribution is -2.44. The van der Waals surface area contributed by atoms with Gasteiger partial charge in [-0.05, 0) is 50.2 Å². The summed E-state index contributed by atoms with van der Waals surface area (Å²) in [5.41, 5.74) is 3.35. The van der Waals surface area contributed by atoms with E-state index in [0.29, 0.717) is 6.42 Å². The summed E-state index contributed by atoms with van der Waals surface area (Å²) in [6, 6.07) is 13.9. The van der Waals surface area contributed by atoms with E-state index in [1.54, 1.807) is 7.11 Å². The number of alkyl carbamates (subject to hydrolysis) is 1. The maximum atomic E-state index is 12.6. The number of hydrogen-bond acceptors (Lipinski definition) is 5. The average Bonchev–Trinajstić information content (AvgIpc) is 3.05. The van der Waals surface area contributed by atoms with E-state index >= 15 is 0 Å². The number of benzene rings is 2. The van der Waals surface area contributed by atoms with Crippen molar-refractivity contribution in [3.8, 4) is 11.5 Å². The standard InChI is InChI=1S/C26H30N2O4/c1-17(18-7-5-4-6-8-18)27-25(29)31-20-11-12-26-13-14-28(2)16-19-9-10-21(30-3)24(23(19)26)32-22(26)15-20/h4-12,17,20,22H,13-16H2,1-3H3,(H,27,29)/t17?,20-,22+,26+/m1/s1. The van der Waals surface area contributed by atoms with Crippen LogP contribution in [-0.4, -0.2) is 43.9 Å². The number of nitrogens with one attached hydrogen (secondary N) is 1. The Morgan fingerprint density at radius 2 is 2.06 bits per heavy atom. The molecule has 1 aliphatic carbocycles. The molecule has 2 aliphatic heterocycles. The van der Waals surface area contributed by atoms with Gasteiger partial charge in [-0.2, -0.15) is 0 Å². The van der Waals surface area contributed by atoms with Crippen molar-refractivity contribution in [2.75, 3.05) is 20.7 Å². The van der Waals surface area contributed by atoms with Crippen molar-refractivity contribution in [2.45, 2.75) is 50.0 Å². The van der Waals surface area contributed by atoms with Crippen LogP contribution >= 0.6 is 0 Å². The summed E-state index contributed by atoms with van der Waals surface area (Å²) >= 11 is 0. The van der Waals surface area contributed by atoms with Crippen LogP contribution in [0.25, 0.3) is 0 Å². The van der Waals surface area contributed by atoms with Crippen molar-refractivity contribution < 1.29 is 19.0 Å². The predicted octanol–water partition coefficient (Wildman–Crippen LogP) is 4.35. The van der Waals surface area contributed by atoms with Crippen molar-refractivity contribution in [3.63, 3.8) is 0 Å². The van der Waals surface area contributed by atoms with Gasteiger partial charge in [-0.3, -0.25) is 0 Å². The fourth-order valence-corrected chi connectivity index (χ4v) is 5.33. The Morgan fingerprint density at radius 3 is 2.84 bits per heavy atom. The van der Waals surface area contributed by atoms with Crippen LogP contribution in [-0.2, 0) is 16.7 Å². The van der Waals surface area contributed by atoms with Crippen LogP contribution in [0.5, 0.6) is 11.5 Å². The molecule has 0 saturated carbocycles. The highest BCUT2D eigenvalue weighted by Crippen LogP contribution is 2.55. The van der Waals surface area contributed by atoms with Crippen molar-refractivity contribution in [1.82, 2.24) is 10.2 Å². The molecule has 0 bridgehead atoms. The number of rotatable bonds is 4. The lowest BCUT2D eigenvalue weighted by Gasteiger charge is -2.36. The maximum Gasteiger partial charge on any atom is 0.408 e. The fourth-order valence-electron chi connectivity index (χ4n) is 5.33. The smallest absolute Gasteiger partial charge is 0.408 e. The molecule has 6 nitrogen and oxygen atoms in total. The summed E-state index contributed by atoms with van der Waals surface area (Å²) in [4.78, 5) is 14.9. The molecular formula is C26H30N2O4. The monoisotopic (exact) mass is 434 g/mol. The number of nitrogens with zero attached hydrogens (tertiary/aromatic N) is 1. The van der Waals surface area contributed by atoms with E-state index in [1.807, 2.05) is 49.4 Å². The Bertz CT molecular complexity index is 1040. The molecule has 0 radical (unpaired) electrons. The molecule has 2 aromatic carbocycles. The summed E-state index contributed by atoms with van der Waals surface area (Å²) in [5, 5.41) is 2.94. The molecule has 6 heteroatoms. The lowest BCUT2D eigenvalue weighted by atomic mass is 9.69. The third kappa shape index (κ3) is 3.52. The Kier molecular flexibility index (Phi) is 5.33. The third-order valence-corrected chi connectivity index (χ3v) is 7.02. The van der Waals surface area contributed by atoms with Crippen LogP contribution in [0.15, 0.2) is 54.6 Å². The molecule has 0 fully saturated rings. The largest absolute Gasteiger partial charge is 0.493 e. The van der Waals surface area contributed by atoms with Crippen LogP contribution in [0.1, 0.15) is 42.5 Å². The molecule has 168 valence electrons. The Morgan fingerprint density at radius 1 is 1.25 bits per heavy atom. The quantitative estimate of drug-likeness (QED) is 0.726. The fraction of sp³-hybridized carbons (Fsp3) is 0.423. The zero-order valence-electron chi connectivity index (χ0n) is 18.8. The number of hydrogen-bond donors (Lipinski definition) is 1. The summed E-state index contributed by atoms with van der Waals surface area (Å²) in [5.74, 6) is 1.61. The zero-order chi connectivity index (χ0) is 22.3. The van der Waals surface area contributed by atoms with Crippen LogP contribution in [0.4, 0.5) is 4.79 Å². The molecule has 5 rings (SSSR count). The minimum absolute atomic E-state index is 0.0894. The molecule has 32 heavy (non-hydrogen) atoms. The second kappa shape index (κ2) is 8.17. The highest BCUT2D eigenvalue weighted by Gasteiger charge is 2.53. The molecule has 0 saturated heterocycles. The van der Waals surface area contributed by atoms with Gasteiger partial charge in [0.05, 0.1) is 18.6 Å². The topological polar surface area (TPSA) is 60.0 Å². The summed E-state index contributed by atoms with van der Waals surface area (Å²) in [6.45, 7) is 3.81. The van der Waals surface area contributed by atoms with E-state index in [9.17, 15) is 4.79 Å². The van der Waals surface area contributed by atoms with Crippen LogP contribution in [0.3, 0.4) is 0 Å². The number of methoxy groups -OCH3 is 1. The highest BCUT2D eigenvalue weighted by molar-refractivity contribution is 5.68. The molecule has 2 aromatic rings. The van der Waals surface area contributed by atoms with Gasteiger partial charge in [0.25, 0.3) is 0 Å². The first-order chi connectivity index (χ1) is 15.5. The lowest BCUT2D eigenvalue weighted by molar-refractivity contribution is 0.0594. The first-order valence-electron chi connectivity index (χ1n) is 11.3. The van der Waals surface area contributed by atoms with Gasteiger partial charge < -0.3 is 24.4 Å². The first-order valence-corrected chi connectivity index (χ1v) is 11.3. The first kappa shape index (κ1) is 20.9. The number of ether oxygens (including phenoxy) is 3. The molecule has 0 aromatic heterocycles. The average molecular weight is 435 g/mol. The van der Waals surface area contributed by atoms with Crippen molar-refractivity contribution in [2.24, 2.45) is 0 Å². The van der Waals surface area contributed by atoms with Crippen molar-refractivity contribution in [3.05, 3.63) is 71.3 Å². The highest BCUT2D eigenvalue weighted by atomic mass is 16.6. The second-order valence-electron chi connectivity index (χ2n) is 9.08. The summed E-state index contributed by atoms with van der Waals surface area (Å²) < 4.78 is 17.9. The van der Waals surface area contributed by atoms with E-state index in [-0.39, 0.29) is 23.7 Å². The Labute approximate surface area is 189 Å². The number of carbonyl (C=O) groups excluding carboxylic acids is 1. The van der Waals surface area contributed by atoms with Gasteiger partial charge in [-0.1, -0.05) is 42.5 Å². The minimum Gasteiger partial charge on any atom is -0.493 e. The molecular weight excluding hydrogens is 404 g/mol. The van der Waals surface area contributed by atoms with Gasteiger partial charge in [0, 0.05) is 18.5 Å².